The Morgan fingerprint density at radius 3 is 1.24 bits per heavy atom. The molecule has 0 aromatic heterocycles. The maximum Gasteiger partial charge on any atom is 0.332 e. The summed E-state index contributed by atoms with van der Waals surface area (Å²) in [7, 11) is -1.55. The summed E-state index contributed by atoms with van der Waals surface area (Å²) in [6.45, 7) is 0.671. The molecule has 0 amide bonds. The molecule has 0 heterocycles. The second kappa shape index (κ2) is 14.8. The van der Waals surface area contributed by atoms with Crippen LogP contribution in [0.3, 0.4) is 0 Å². The molecule has 0 fully saturated rings. The summed E-state index contributed by atoms with van der Waals surface area (Å²) in [5.41, 5.74) is 0. The van der Waals surface area contributed by atoms with E-state index in [-0.39, 0.29) is 47.5 Å². The lowest BCUT2D eigenvalue weighted by atomic mass is 10.5. The molecule has 89 valence electrons. The van der Waals surface area contributed by atoms with E-state index in [0.717, 1.165) is 0 Å². The molecule has 0 aliphatic heterocycles. The van der Waals surface area contributed by atoms with E-state index in [4.69, 9.17) is 29.4 Å². The minimum Gasteiger partial charge on any atom is -0.311 e. The SMILES string of the molecule is N#CCCOP(OCCC#N)OCCC#N.[B]. The number of nitrogens with zero attached hydrogens (tertiary/aromatic N) is 3. The van der Waals surface area contributed by atoms with Gasteiger partial charge in [0, 0.05) is 8.41 Å². The Labute approximate surface area is 104 Å². The zero-order chi connectivity index (χ0) is 12.1. The molecule has 6 nitrogen and oxygen atoms in total. The van der Waals surface area contributed by atoms with Crippen LogP contribution in [0.5, 0.6) is 0 Å². The van der Waals surface area contributed by atoms with E-state index in [2.05, 4.69) is 0 Å². The summed E-state index contributed by atoms with van der Waals surface area (Å²) in [6, 6.07) is 5.78. The fourth-order valence-electron chi connectivity index (χ4n) is 0.609. The highest BCUT2D eigenvalue weighted by Gasteiger charge is 2.11. The van der Waals surface area contributed by atoms with Gasteiger partial charge in [0.05, 0.1) is 57.3 Å². The van der Waals surface area contributed by atoms with Crippen LogP contribution in [0, 0.1) is 34.0 Å². The first-order valence-electron chi connectivity index (χ1n) is 4.65. The van der Waals surface area contributed by atoms with Crippen molar-refractivity contribution in [1.82, 2.24) is 0 Å². The molecule has 0 aliphatic rings. The van der Waals surface area contributed by atoms with Gasteiger partial charge in [0.2, 0.25) is 0 Å². The van der Waals surface area contributed by atoms with Gasteiger partial charge >= 0.3 is 8.60 Å². The van der Waals surface area contributed by atoms with E-state index in [1.165, 1.54) is 0 Å². The highest BCUT2D eigenvalue weighted by molar-refractivity contribution is 7.41. The smallest absolute Gasteiger partial charge is 0.311 e. The Morgan fingerprint density at radius 2 is 1.00 bits per heavy atom. The van der Waals surface area contributed by atoms with E-state index >= 15 is 0 Å². The van der Waals surface area contributed by atoms with Gasteiger partial charge < -0.3 is 13.6 Å². The first kappa shape index (κ1) is 18.2. The lowest BCUT2D eigenvalue weighted by Crippen LogP contribution is -1.99. The van der Waals surface area contributed by atoms with Crippen LogP contribution in [-0.4, -0.2) is 28.2 Å². The second-order valence-corrected chi connectivity index (χ2v) is 3.67. The summed E-state index contributed by atoms with van der Waals surface area (Å²) < 4.78 is 15.5. The molecule has 3 radical (unpaired) electrons. The summed E-state index contributed by atoms with van der Waals surface area (Å²) >= 11 is 0. The largest absolute Gasteiger partial charge is 0.332 e. The summed E-state index contributed by atoms with van der Waals surface area (Å²) in [4.78, 5) is 0. The number of hydrogen-bond donors (Lipinski definition) is 0. The lowest BCUT2D eigenvalue weighted by Gasteiger charge is -2.14. The molecule has 0 saturated carbocycles. The summed E-state index contributed by atoms with van der Waals surface area (Å²) in [5.74, 6) is 0. The van der Waals surface area contributed by atoms with Crippen LogP contribution in [0.4, 0.5) is 0 Å². The van der Waals surface area contributed by atoms with Gasteiger partial charge in [-0.1, -0.05) is 0 Å². The van der Waals surface area contributed by atoms with E-state index < -0.39 is 8.60 Å². The predicted molar refractivity (Wildman–Crippen MR) is 61.2 cm³/mol. The molecule has 0 bridgehead atoms. The quantitative estimate of drug-likeness (QED) is 0.351. The fourth-order valence-corrected chi connectivity index (χ4v) is 1.55. The van der Waals surface area contributed by atoms with E-state index in [1.54, 1.807) is 0 Å². The third-order valence-electron chi connectivity index (χ3n) is 1.23. The Bertz CT molecular complexity index is 250. The maximum absolute atomic E-state index is 8.32. The molecular formula is C9H12BN3O3P. The van der Waals surface area contributed by atoms with Crippen molar-refractivity contribution in [2.75, 3.05) is 19.8 Å². The van der Waals surface area contributed by atoms with Crippen molar-refractivity contribution in [3.8, 4) is 18.2 Å². The van der Waals surface area contributed by atoms with Crippen LogP contribution in [0.25, 0.3) is 0 Å². The molecule has 0 spiro atoms. The van der Waals surface area contributed by atoms with Crippen molar-refractivity contribution >= 4 is 17.0 Å². The zero-order valence-corrected chi connectivity index (χ0v) is 10.2. The molecule has 0 aromatic rings. The molecule has 17 heavy (non-hydrogen) atoms. The number of hydrogen-bond acceptors (Lipinski definition) is 6. The highest BCUT2D eigenvalue weighted by Crippen LogP contribution is 2.39. The van der Waals surface area contributed by atoms with E-state index in [9.17, 15) is 0 Å². The van der Waals surface area contributed by atoms with Gasteiger partial charge in [-0.25, -0.2) is 0 Å². The van der Waals surface area contributed by atoms with Crippen LogP contribution in [0.2, 0.25) is 0 Å². The van der Waals surface area contributed by atoms with Gasteiger partial charge in [-0.05, 0) is 0 Å². The van der Waals surface area contributed by atoms with E-state index in [0.29, 0.717) is 0 Å². The van der Waals surface area contributed by atoms with Gasteiger partial charge in [0.15, 0.2) is 0 Å². The minimum absolute atomic E-state index is 0. The molecule has 8 heteroatoms. The van der Waals surface area contributed by atoms with Gasteiger partial charge in [-0.15, -0.1) is 0 Å². The van der Waals surface area contributed by atoms with Crippen LogP contribution in [0.15, 0.2) is 0 Å². The van der Waals surface area contributed by atoms with Gasteiger partial charge in [0.25, 0.3) is 0 Å². The van der Waals surface area contributed by atoms with Crippen molar-refractivity contribution in [3.63, 3.8) is 0 Å². The summed E-state index contributed by atoms with van der Waals surface area (Å²) in [6.07, 6.45) is 0.756. The number of nitriles is 3. The maximum atomic E-state index is 8.32. The Morgan fingerprint density at radius 1 is 0.706 bits per heavy atom. The van der Waals surface area contributed by atoms with Gasteiger partial charge in [-0.2, -0.15) is 15.8 Å². The van der Waals surface area contributed by atoms with Crippen LogP contribution >= 0.6 is 8.60 Å². The number of rotatable bonds is 9. The molecule has 0 saturated heterocycles. The topological polar surface area (TPSA) is 99.1 Å². The second-order valence-electron chi connectivity index (χ2n) is 2.45. The van der Waals surface area contributed by atoms with Crippen molar-refractivity contribution in [2.45, 2.75) is 19.3 Å². The molecule has 0 aliphatic carbocycles. The predicted octanol–water partition coefficient (Wildman–Crippen LogP) is 1.62. The summed E-state index contributed by atoms with van der Waals surface area (Å²) in [5, 5.41) is 25.0. The van der Waals surface area contributed by atoms with Crippen molar-refractivity contribution in [3.05, 3.63) is 0 Å². The first-order chi connectivity index (χ1) is 7.85. The van der Waals surface area contributed by atoms with Crippen LogP contribution in [0.1, 0.15) is 19.3 Å². The average molecular weight is 252 g/mol. The highest BCUT2D eigenvalue weighted by atomic mass is 31.2. The van der Waals surface area contributed by atoms with Crippen LogP contribution in [-0.2, 0) is 13.6 Å². The average Bonchev–Trinajstić information content (AvgIpc) is 2.29. The van der Waals surface area contributed by atoms with Crippen molar-refractivity contribution in [1.29, 1.82) is 15.8 Å². The van der Waals surface area contributed by atoms with E-state index in [1.807, 2.05) is 18.2 Å². The molecule has 0 N–H and O–H groups in total. The van der Waals surface area contributed by atoms with Crippen LogP contribution < -0.4 is 0 Å². The fraction of sp³-hybridized carbons (Fsp3) is 0.667. The lowest BCUT2D eigenvalue weighted by molar-refractivity contribution is 0.166. The Hall–Kier alpha value is -1.16. The minimum atomic E-state index is -1.55. The standard InChI is InChI=1S/C9H12N3O3P.B/c10-4-1-7-13-16(14-8-2-5-11)15-9-3-6-12;/h1-3,7-9H2;. The molecule has 0 unspecified atom stereocenters. The van der Waals surface area contributed by atoms with Crippen molar-refractivity contribution < 1.29 is 13.6 Å². The Balaban J connectivity index is 0. The Kier molecular flexibility index (Phi) is 15.9. The normalized spacial score (nSPS) is 8.82. The van der Waals surface area contributed by atoms with Gasteiger partial charge in [-0.3, -0.25) is 0 Å². The zero-order valence-electron chi connectivity index (χ0n) is 9.33. The molecule has 0 rings (SSSR count). The third kappa shape index (κ3) is 12.8. The van der Waals surface area contributed by atoms with Crippen molar-refractivity contribution in [2.24, 2.45) is 0 Å². The van der Waals surface area contributed by atoms with Gasteiger partial charge in [0.1, 0.15) is 0 Å². The molecule has 0 aromatic carbocycles. The monoisotopic (exact) mass is 252 g/mol. The molecular weight excluding hydrogens is 240 g/mol. The molecule has 0 atom stereocenters. The third-order valence-corrected chi connectivity index (χ3v) is 2.41. The first-order valence-corrected chi connectivity index (χ1v) is 5.74.